The van der Waals surface area contributed by atoms with Gasteiger partial charge in [0.15, 0.2) is 0 Å². The van der Waals surface area contributed by atoms with Gasteiger partial charge in [-0.3, -0.25) is 0 Å². The number of aromatic nitrogens is 2. The summed E-state index contributed by atoms with van der Waals surface area (Å²) in [5.41, 5.74) is 2.85. The van der Waals surface area contributed by atoms with E-state index in [0.717, 1.165) is 28.4 Å². The molecule has 0 atom stereocenters. The predicted octanol–water partition coefficient (Wildman–Crippen LogP) is 4.83. The summed E-state index contributed by atoms with van der Waals surface area (Å²) in [4.78, 5) is 1.16. The van der Waals surface area contributed by atoms with Crippen LogP contribution in [0.4, 0.5) is 0 Å². The first-order valence-electron chi connectivity index (χ1n) is 8.61. The van der Waals surface area contributed by atoms with Gasteiger partial charge in [0.1, 0.15) is 17.0 Å². The lowest BCUT2D eigenvalue weighted by Crippen LogP contribution is -2.41. The SMILES string of the molecule is CCSc1cc2c(cc1C#Cc1cccnn1)C(C)(C)CC(C)(C)O2. The molecule has 4 heteroatoms. The standard InChI is InChI=1S/C21H24N2OS/c1-6-25-19-13-18-17(20(2,3)14-21(4,5)24-18)12-15(19)9-10-16-8-7-11-22-23-16/h7-8,11-13H,6,14H2,1-5H3. The zero-order valence-electron chi connectivity index (χ0n) is 15.5. The van der Waals surface area contributed by atoms with Gasteiger partial charge in [-0.05, 0) is 61.6 Å². The minimum absolute atomic E-state index is 0.0511. The molecule has 0 N–H and O–H groups in total. The molecule has 1 aliphatic heterocycles. The van der Waals surface area contributed by atoms with Crippen LogP contribution in [0.5, 0.6) is 5.75 Å². The average molecular weight is 353 g/mol. The lowest BCUT2D eigenvalue weighted by molar-refractivity contribution is 0.0531. The number of ether oxygens (including phenoxy) is 1. The second-order valence-electron chi connectivity index (χ2n) is 7.56. The number of hydrogen-bond donors (Lipinski definition) is 0. The van der Waals surface area contributed by atoms with Gasteiger partial charge in [0.05, 0.1) is 0 Å². The van der Waals surface area contributed by atoms with Gasteiger partial charge in [-0.15, -0.1) is 16.9 Å². The van der Waals surface area contributed by atoms with Crippen molar-refractivity contribution in [2.24, 2.45) is 0 Å². The van der Waals surface area contributed by atoms with Crippen molar-refractivity contribution in [3.63, 3.8) is 0 Å². The molecule has 2 heterocycles. The zero-order chi connectivity index (χ0) is 18.1. The quantitative estimate of drug-likeness (QED) is 0.573. The fourth-order valence-electron chi connectivity index (χ4n) is 3.54. The molecule has 3 rings (SSSR count). The van der Waals surface area contributed by atoms with E-state index in [0.29, 0.717) is 5.69 Å². The van der Waals surface area contributed by atoms with Crippen LogP contribution in [0, 0.1) is 11.8 Å². The third-order valence-electron chi connectivity index (χ3n) is 4.26. The Bertz CT molecular complexity index is 832. The lowest BCUT2D eigenvalue weighted by Gasteiger charge is -2.42. The maximum atomic E-state index is 6.28. The molecule has 130 valence electrons. The fraction of sp³-hybridized carbons (Fsp3) is 0.429. The molecular weight excluding hydrogens is 328 g/mol. The maximum Gasteiger partial charge on any atom is 0.136 e. The summed E-state index contributed by atoms with van der Waals surface area (Å²) in [6.45, 7) is 11.0. The number of benzene rings is 1. The number of nitrogens with zero attached hydrogens (tertiary/aromatic N) is 2. The van der Waals surface area contributed by atoms with Crippen LogP contribution in [0.15, 0.2) is 35.4 Å². The van der Waals surface area contributed by atoms with Gasteiger partial charge < -0.3 is 4.74 Å². The smallest absolute Gasteiger partial charge is 0.136 e. The normalized spacial score (nSPS) is 17.0. The van der Waals surface area contributed by atoms with Crippen molar-refractivity contribution in [2.75, 3.05) is 5.75 Å². The van der Waals surface area contributed by atoms with Gasteiger partial charge in [0.25, 0.3) is 0 Å². The van der Waals surface area contributed by atoms with Gasteiger partial charge in [0, 0.05) is 22.2 Å². The molecule has 3 nitrogen and oxygen atoms in total. The molecule has 1 aromatic heterocycles. The van der Waals surface area contributed by atoms with Crippen molar-refractivity contribution in [1.82, 2.24) is 10.2 Å². The first kappa shape index (κ1) is 17.8. The molecule has 0 aliphatic carbocycles. The lowest BCUT2D eigenvalue weighted by atomic mass is 9.73. The van der Waals surface area contributed by atoms with Crippen molar-refractivity contribution in [2.45, 2.75) is 57.0 Å². The van der Waals surface area contributed by atoms with E-state index in [1.54, 1.807) is 18.0 Å². The summed E-state index contributed by atoms with van der Waals surface area (Å²) in [6, 6.07) is 8.09. The highest BCUT2D eigenvalue weighted by Crippen LogP contribution is 2.46. The van der Waals surface area contributed by atoms with Gasteiger partial charge in [-0.1, -0.05) is 26.7 Å². The molecule has 0 unspecified atom stereocenters. The van der Waals surface area contributed by atoms with Crippen LogP contribution in [0.2, 0.25) is 0 Å². The van der Waals surface area contributed by atoms with Gasteiger partial charge in [-0.25, -0.2) is 0 Å². The molecule has 0 spiro atoms. The molecule has 0 fully saturated rings. The minimum atomic E-state index is -0.155. The number of rotatable bonds is 2. The first-order chi connectivity index (χ1) is 11.8. The summed E-state index contributed by atoms with van der Waals surface area (Å²) in [5.74, 6) is 8.41. The molecule has 0 saturated heterocycles. The Morgan fingerprint density at radius 2 is 2.00 bits per heavy atom. The number of fused-ring (bicyclic) bond motifs is 1. The minimum Gasteiger partial charge on any atom is -0.487 e. The van der Waals surface area contributed by atoms with Crippen LogP contribution in [-0.2, 0) is 5.41 Å². The van der Waals surface area contributed by atoms with Crippen molar-refractivity contribution >= 4 is 11.8 Å². The Morgan fingerprint density at radius 3 is 2.68 bits per heavy atom. The van der Waals surface area contributed by atoms with Crippen LogP contribution < -0.4 is 4.74 Å². The molecule has 0 radical (unpaired) electrons. The van der Waals surface area contributed by atoms with Gasteiger partial charge in [-0.2, -0.15) is 5.10 Å². The number of thioether (sulfide) groups is 1. The number of hydrogen-bond acceptors (Lipinski definition) is 4. The van der Waals surface area contributed by atoms with Crippen LogP contribution >= 0.6 is 11.8 Å². The van der Waals surface area contributed by atoms with Crippen molar-refractivity contribution in [3.8, 4) is 17.6 Å². The Morgan fingerprint density at radius 1 is 1.20 bits per heavy atom. The van der Waals surface area contributed by atoms with Gasteiger partial charge >= 0.3 is 0 Å². The first-order valence-corrected chi connectivity index (χ1v) is 9.59. The van der Waals surface area contributed by atoms with E-state index < -0.39 is 0 Å². The summed E-state index contributed by atoms with van der Waals surface area (Å²) in [6.07, 6.45) is 2.63. The molecule has 25 heavy (non-hydrogen) atoms. The van der Waals surface area contributed by atoms with Crippen molar-refractivity contribution < 1.29 is 4.74 Å². The van der Waals surface area contributed by atoms with E-state index in [1.807, 2.05) is 12.1 Å². The Balaban J connectivity index is 2.09. The van der Waals surface area contributed by atoms with Crippen LogP contribution in [0.3, 0.4) is 0 Å². The average Bonchev–Trinajstić information content (AvgIpc) is 2.52. The van der Waals surface area contributed by atoms with E-state index >= 15 is 0 Å². The highest BCUT2D eigenvalue weighted by Gasteiger charge is 2.39. The summed E-state index contributed by atoms with van der Waals surface area (Å²) in [5, 5.41) is 7.94. The predicted molar refractivity (Wildman–Crippen MR) is 103 cm³/mol. The van der Waals surface area contributed by atoms with Crippen LogP contribution in [0.1, 0.15) is 57.9 Å². The summed E-state index contributed by atoms with van der Waals surface area (Å²) >= 11 is 1.79. The third-order valence-corrected chi connectivity index (χ3v) is 5.20. The molecule has 2 aromatic rings. The second-order valence-corrected chi connectivity index (χ2v) is 8.86. The zero-order valence-corrected chi connectivity index (χ0v) is 16.3. The molecule has 1 aromatic carbocycles. The van der Waals surface area contributed by atoms with Crippen molar-refractivity contribution in [1.29, 1.82) is 0 Å². The van der Waals surface area contributed by atoms with Crippen molar-refractivity contribution in [3.05, 3.63) is 47.3 Å². The second kappa shape index (κ2) is 6.72. The highest BCUT2D eigenvalue weighted by molar-refractivity contribution is 7.99. The largest absolute Gasteiger partial charge is 0.487 e. The molecular formula is C21H24N2OS. The van der Waals surface area contributed by atoms with Crippen LogP contribution in [0.25, 0.3) is 0 Å². The third kappa shape index (κ3) is 3.99. The fourth-order valence-corrected chi connectivity index (χ4v) is 4.31. The van der Waals surface area contributed by atoms with E-state index in [9.17, 15) is 0 Å². The van der Waals surface area contributed by atoms with E-state index in [1.165, 1.54) is 5.56 Å². The Kier molecular flexibility index (Phi) is 4.79. The maximum absolute atomic E-state index is 6.28. The molecule has 1 aliphatic rings. The van der Waals surface area contributed by atoms with E-state index in [-0.39, 0.29) is 11.0 Å². The Labute approximate surface area is 154 Å². The molecule has 0 bridgehead atoms. The summed E-state index contributed by atoms with van der Waals surface area (Å²) < 4.78 is 6.28. The van der Waals surface area contributed by atoms with E-state index in [2.05, 4.69) is 68.8 Å². The van der Waals surface area contributed by atoms with E-state index in [4.69, 9.17) is 4.74 Å². The van der Waals surface area contributed by atoms with Gasteiger partial charge in [0.2, 0.25) is 0 Å². The highest BCUT2D eigenvalue weighted by atomic mass is 32.2. The Hall–Kier alpha value is -1.99. The van der Waals surface area contributed by atoms with Crippen LogP contribution in [-0.4, -0.2) is 21.6 Å². The summed E-state index contributed by atoms with van der Waals surface area (Å²) in [7, 11) is 0. The monoisotopic (exact) mass is 352 g/mol. The molecule has 0 amide bonds. The molecule has 0 saturated carbocycles. The topological polar surface area (TPSA) is 35.0 Å².